The Morgan fingerprint density at radius 2 is 2.14 bits per heavy atom. The van der Waals surface area contributed by atoms with E-state index in [1.54, 1.807) is 0 Å². The summed E-state index contributed by atoms with van der Waals surface area (Å²) >= 11 is 3.05. The summed E-state index contributed by atoms with van der Waals surface area (Å²) in [7, 11) is 0. The second-order valence-electron chi connectivity index (χ2n) is 6.34. The van der Waals surface area contributed by atoms with Crippen LogP contribution in [0.15, 0.2) is 20.8 Å². The van der Waals surface area contributed by atoms with Gasteiger partial charge in [-0.15, -0.1) is 0 Å². The molecule has 28 heavy (non-hydrogen) atoms. The maximum absolute atomic E-state index is 12.3. The number of nitrogens with two attached hydrogens (primary N) is 1. The van der Waals surface area contributed by atoms with Crippen LogP contribution in [-0.2, 0) is 14.3 Å². The molecule has 1 aliphatic heterocycles. The van der Waals surface area contributed by atoms with Crippen LogP contribution in [0.5, 0.6) is 0 Å². The first-order valence-corrected chi connectivity index (χ1v) is 9.80. The molecule has 4 atom stereocenters. The SMILES string of the molecule is NCCCCCC(=O)O[C@H]1[C@H](O)[C@@H](CO)O[C@H]1n1cc(/C=C/Br)c(=O)[nH]c1=O. The highest BCUT2D eigenvalue weighted by Gasteiger charge is 2.47. The number of carbonyl (C=O) groups is 1. The summed E-state index contributed by atoms with van der Waals surface area (Å²) in [4.78, 5) is 39.8. The predicted molar refractivity (Wildman–Crippen MR) is 104 cm³/mol. The van der Waals surface area contributed by atoms with E-state index in [-0.39, 0.29) is 12.0 Å². The van der Waals surface area contributed by atoms with E-state index < -0.39 is 48.4 Å². The number of aromatic nitrogens is 2. The lowest BCUT2D eigenvalue weighted by Gasteiger charge is -2.22. The number of rotatable bonds is 9. The average Bonchev–Trinajstić information content (AvgIpc) is 2.97. The number of aliphatic hydroxyl groups is 2. The fraction of sp³-hybridized carbons (Fsp3) is 0.588. The zero-order valence-corrected chi connectivity index (χ0v) is 16.7. The van der Waals surface area contributed by atoms with E-state index in [0.29, 0.717) is 13.0 Å². The second kappa shape index (κ2) is 10.7. The molecule has 2 rings (SSSR count). The molecule has 2 heterocycles. The van der Waals surface area contributed by atoms with E-state index in [0.717, 1.165) is 17.4 Å². The average molecular weight is 462 g/mol. The fourth-order valence-corrected chi connectivity index (χ4v) is 3.18. The Kier molecular flexibility index (Phi) is 8.58. The van der Waals surface area contributed by atoms with Crippen molar-refractivity contribution in [3.63, 3.8) is 0 Å². The minimum absolute atomic E-state index is 0.123. The Morgan fingerprint density at radius 1 is 1.39 bits per heavy atom. The number of nitrogens with one attached hydrogen (secondary N) is 1. The lowest BCUT2D eigenvalue weighted by Crippen LogP contribution is -2.41. The molecule has 0 spiro atoms. The molecule has 0 aliphatic carbocycles. The van der Waals surface area contributed by atoms with Gasteiger partial charge in [-0.2, -0.15) is 0 Å². The molecule has 0 aromatic carbocycles. The van der Waals surface area contributed by atoms with Crippen molar-refractivity contribution in [1.29, 1.82) is 0 Å². The van der Waals surface area contributed by atoms with E-state index in [4.69, 9.17) is 15.2 Å². The van der Waals surface area contributed by atoms with Crippen LogP contribution in [0.4, 0.5) is 0 Å². The smallest absolute Gasteiger partial charge is 0.330 e. The largest absolute Gasteiger partial charge is 0.455 e. The first-order valence-electron chi connectivity index (χ1n) is 8.89. The molecule has 0 unspecified atom stereocenters. The third-order valence-corrected chi connectivity index (χ3v) is 4.62. The molecule has 1 fully saturated rings. The van der Waals surface area contributed by atoms with E-state index in [1.165, 1.54) is 17.3 Å². The van der Waals surface area contributed by atoms with Crippen molar-refractivity contribution in [2.45, 2.75) is 50.2 Å². The lowest BCUT2D eigenvalue weighted by molar-refractivity contribution is -0.159. The van der Waals surface area contributed by atoms with Gasteiger partial charge in [-0.1, -0.05) is 22.4 Å². The zero-order valence-electron chi connectivity index (χ0n) is 15.1. The van der Waals surface area contributed by atoms with Crippen LogP contribution in [0.1, 0.15) is 37.5 Å². The van der Waals surface area contributed by atoms with Gasteiger partial charge in [0.15, 0.2) is 12.3 Å². The number of H-pyrrole nitrogens is 1. The van der Waals surface area contributed by atoms with Gasteiger partial charge in [0.1, 0.15) is 12.2 Å². The number of nitrogens with zero attached hydrogens (tertiary/aromatic N) is 1. The van der Waals surface area contributed by atoms with Crippen molar-refractivity contribution >= 4 is 28.0 Å². The number of unbranched alkanes of at least 4 members (excludes halogenated alkanes) is 2. The molecule has 0 saturated carbocycles. The first kappa shape index (κ1) is 22.5. The maximum atomic E-state index is 12.3. The number of halogens is 1. The summed E-state index contributed by atoms with van der Waals surface area (Å²) in [6.45, 7) is -0.000726. The van der Waals surface area contributed by atoms with Gasteiger partial charge in [0.25, 0.3) is 5.56 Å². The van der Waals surface area contributed by atoms with Gasteiger partial charge in [0, 0.05) is 12.6 Å². The third-order valence-electron chi connectivity index (χ3n) is 4.36. The van der Waals surface area contributed by atoms with Crippen LogP contribution in [0.2, 0.25) is 0 Å². The number of carbonyl (C=O) groups excluding carboxylic acids is 1. The molecular weight excluding hydrogens is 438 g/mol. The van der Waals surface area contributed by atoms with E-state index in [2.05, 4.69) is 20.9 Å². The minimum atomic E-state index is -1.34. The molecule has 1 aromatic heterocycles. The molecule has 10 nitrogen and oxygen atoms in total. The predicted octanol–water partition coefficient (Wildman–Crippen LogP) is -0.416. The summed E-state index contributed by atoms with van der Waals surface area (Å²) < 4.78 is 11.9. The molecule has 156 valence electrons. The third kappa shape index (κ3) is 5.39. The Bertz CT molecular complexity index is 807. The number of aliphatic hydroxyl groups excluding tert-OH is 2. The number of esters is 1. The maximum Gasteiger partial charge on any atom is 0.330 e. The van der Waals surface area contributed by atoms with Gasteiger partial charge in [-0.25, -0.2) is 4.79 Å². The van der Waals surface area contributed by atoms with Crippen molar-refractivity contribution in [1.82, 2.24) is 9.55 Å². The van der Waals surface area contributed by atoms with Crippen LogP contribution in [0, 0.1) is 0 Å². The highest BCUT2D eigenvalue weighted by Crippen LogP contribution is 2.31. The number of aromatic amines is 1. The normalized spacial score (nSPS) is 24.7. The molecule has 0 bridgehead atoms. The van der Waals surface area contributed by atoms with Crippen LogP contribution < -0.4 is 17.0 Å². The van der Waals surface area contributed by atoms with Crippen LogP contribution >= 0.6 is 15.9 Å². The Balaban J connectivity index is 2.25. The van der Waals surface area contributed by atoms with Gasteiger partial charge >= 0.3 is 11.7 Å². The fourth-order valence-electron chi connectivity index (χ4n) is 2.90. The van der Waals surface area contributed by atoms with Crippen molar-refractivity contribution in [3.8, 4) is 0 Å². The summed E-state index contributed by atoms with van der Waals surface area (Å²) in [5.41, 5.74) is 4.16. The Labute approximate surface area is 169 Å². The minimum Gasteiger partial charge on any atom is -0.455 e. The van der Waals surface area contributed by atoms with E-state index in [9.17, 15) is 24.6 Å². The Hall–Kier alpha value is -1.79. The van der Waals surface area contributed by atoms with E-state index >= 15 is 0 Å². The summed E-state index contributed by atoms with van der Waals surface area (Å²) in [6, 6.07) is 0. The molecular formula is C17H24BrN3O7. The molecule has 1 aromatic rings. The lowest BCUT2D eigenvalue weighted by atomic mass is 10.1. The highest BCUT2D eigenvalue weighted by atomic mass is 79.9. The van der Waals surface area contributed by atoms with Gasteiger partial charge in [-0.3, -0.25) is 19.1 Å². The van der Waals surface area contributed by atoms with Crippen molar-refractivity contribution in [2.75, 3.05) is 13.2 Å². The topological polar surface area (TPSA) is 157 Å². The molecule has 1 aliphatic rings. The highest BCUT2D eigenvalue weighted by molar-refractivity contribution is 9.11. The summed E-state index contributed by atoms with van der Waals surface area (Å²) in [6.07, 6.45) is 0.0973. The van der Waals surface area contributed by atoms with Gasteiger partial charge in [0.05, 0.1) is 12.2 Å². The van der Waals surface area contributed by atoms with Crippen LogP contribution in [0.3, 0.4) is 0 Å². The summed E-state index contributed by atoms with van der Waals surface area (Å²) in [5, 5.41) is 19.8. The van der Waals surface area contributed by atoms with Crippen molar-refractivity contribution in [3.05, 3.63) is 37.6 Å². The van der Waals surface area contributed by atoms with Gasteiger partial charge in [-0.05, 0) is 30.4 Å². The quantitative estimate of drug-likeness (QED) is 0.285. The molecule has 0 amide bonds. The van der Waals surface area contributed by atoms with Gasteiger partial charge in [0.2, 0.25) is 0 Å². The zero-order chi connectivity index (χ0) is 20.7. The van der Waals surface area contributed by atoms with Crippen LogP contribution in [0.25, 0.3) is 6.08 Å². The van der Waals surface area contributed by atoms with Crippen molar-refractivity contribution < 1.29 is 24.5 Å². The Morgan fingerprint density at radius 3 is 2.79 bits per heavy atom. The van der Waals surface area contributed by atoms with Gasteiger partial charge < -0.3 is 25.4 Å². The number of hydrogen-bond acceptors (Lipinski definition) is 8. The monoisotopic (exact) mass is 461 g/mol. The molecule has 0 radical (unpaired) electrons. The second-order valence-corrected chi connectivity index (χ2v) is 6.86. The first-order chi connectivity index (χ1) is 13.4. The number of hydrogen-bond donors (Lipinski definition) is 4. The molecule has 11 heteroatoms. The molecule has 1 saturated heterocycles. The number of ether oxygens (including phenoxy) is 2. The van der Waals surface area contributed by atoms with Crippen LogP contribution in [-0.4, -0.2) is 57.2 Å². The standard InChI is InChI=1S/C17H24BrN3O7/c18-6-5-10-8-21(17(26)20-15(10)25)16-14(13(24)11(9-22)27-16)28-12(23)4-2-1-3-7-19/h5-6,8,11,13-14,16,22,24H,1-4,7,9,19H2,(H,20,25,26)/b6-5+/t11-,13-,14+,16-/m1/s1. The van der Waals surface area contributed by atoms with Crippen molar-refractivity contribution in [2.24, 2.45) is 5.73 Å². The summed E-state index contributed by atoms with van der Waals surface area (Å²) in [5.74, 6) is -0.564. The van der Waals surface area contributed by atoms with E-state index in [1.807, 2.05) is 0 Å². The molecule has 5 N–H and O–H groups in total.